The summed E-state index contributed by atoms with van der Waals surface area (Å²) in [5.74, 6) is -0.993. The second kappa shape index (κ2) is 3.86. The van der Waals surface area contributed by atoms with Gasteiger partial charge in [0.25, 0.3) is 0 Å². The number of nitrogens with zero attached hydrogens (tertiary/aromatic N) is 1. The molecule has 2 aromatic rings. The average Bonchev–Trinajstić information content (AvgIpc) is 2.59. The number of aromatic carboxylic acids is 1. The minimum Gasteiger partial charge on any atom is -0.477 e. The van der Waals surface area contributed by atoms with Gasteiger partial charge < -0.3 is 20.1 Å². The normalized spacial score (nSPS) is 10.8. The lowest BCUT2D eigenvalue weighted by Crippen LogP contribution is -2.10. The average molecular weight is 220 g/mol. The lowest BCUT2D eigenvalue weighted by molar-refractivity contribution is 0.0664. The van der Waals surface area contributed by atoms with Crippen LogP contribution in [-0.2, 0) is 11.5 Å². The minimum absolute atomic E-state index is 0.166. The van der Waals surface area contributed by atoms with Crippen LogP contribution in [0.1, 0.15) is 10.5 Å². The summed E-state index contributed by atoms with van der Waals surface area (Å²) < 4.78 is 6.53. The van der Waals surface area contributed by atoms with E-state index in [0.29, 0.717) is 11.2 Å². The molecule has 1 heterocycles. The molecule has 0 spiro atoms. The van der Waals surface area contributed by atoms with Crippen LogP contribution in [-0.4, -0.2) is 22.8 Å². The molecule has 16 heavy (non-hydrogen) atoms. The summed E-state index contributed by atoms with van der Waals surface area (Å²) >= 11 is 0. The number of aromatic nitrogens is 1. The Kier molecular flexibility index (Phi) is 2.54. The SMILES string of the molecule is COCn1c(C(=O)O)cc2cccc(N)c21. The van der Waals surface area contributed by atoms with Crippen LogP contribution in [0.3, 0.4) is 0 Å². The maximum absolute atomic E-state index is 11.1. The first-order valence-corrected chi connectivity index (χ1v) is 4.75. The lowest BCUT2D eigenvalue weighted by atomic mass is 10.2. The maximum Gasteiger partial charge on any atom is 0.352 e. The standard InChI is InChI=1S/C11H12N2O3/c1-16-6-13-9(11(14)15)5-7-3-2-4-8(12)10(7)13/h2-5H,6,12H2,1H3,(H,14,15). The summed E-state index contributed by atoms with van der Waals surface area (Å²) in [5, 5.41) is 9.87. The molecule has 1 aromatic heterocycles. The number of nitrogen functional groups attached to an aromatic ring is 1. The van der Waals surface area contributed by atoms with Crippen molar-refractivity contribution in [2.24, 2.45) is 0 Å². The fourth-order valence-corrected chi connectivity index (χ4v) is 1.79. The molecule has 0 bridgehead atoms. The van der Waals surface area contributed by atoms with Gasteiger partial charge in [-0.05, 0) is 12.1 Å². The lowest BCUT2D eigenvalue weighted by Gasteiger charge is -2.07. The smallest absolute Gasteiger partial charge is 0.352 e. The molecule has 5 nitrogen and oxygen atoms in total. The summed E-state index contributed by atoms with van der Waals surface area (Å²) in [6.07, 6.45) is 0. The van der Waals surface area contributed by atoms with E-state index in [1.165, 1.54) is 7.11 Å². The van der Waals surface area contributed by atoms with Gasteiger partial charge in [-0.25, -0.2) is 4.79 Å². The van der Waals surface area contributed by atoms with Crippen molar-refractivity contribution < 1.29 is 14.6 Å². The van der Waals surface area contributed by atoms with Gasteiger partial charge in [-0.15, -0.1) is 0 Å². The van der Waals surface area contributed by atoms with E-state index < -0.39 is 5.97 Å². The highest BCUT2D eigenvalue weighted by Crippen LogP contribution is 2.25. The highest BCUT2D eigenvalue weighted by molar-refractivity contribution is 5.98. The predicted octanol–water partition coefficient (Wildman–Crippen LogP) is 1.53. The Balaban J connectivity index is 2.77. The Morgan fingerprint density at radius 3 is 2.94 bits per heavy atom. The largest absolute Gasteiger partial charge is 0.477 e. The number of carboxylic acids is 1. The number of para-hydroxylation sites is 1. The van der Waals surface area contributed by atoms with Gasteiger partial charge in [0, 0.05) is 12.5 Å². The molecule has 84 valence electrons. The van der Waals surface area contributed by atoms with E-state index in [1.807, 2.05) is 6.07 Å². The summed E-state index contributed by atoms with van der Waals surface area (Å²) in [5.41, 5.74) is 7.25. The molecule has 0 aliphatic carbocycles. The molecule has 2 rings (SSSR count). The van der Waals surface area contributed by atoms with Gasteiger partial charge in [0.2, 0.25) is 0 Å². The first kappa shape index (κ1) is 10.5. The number of benzene rings is 1. The highest BCUT2D eigenvalue weighted by atomic mass is 16.5. The Labute approximate surface area is 92.0 Å². The fraction of sp³-hybridized carbons (Fsp3) is 0.182. The second-order valence-corrected chi connectivity index (χ2v) is 3.47. The summed E-state index contributed by atoms with van der Waals surface area (Å²) in [6.45, 7) is 0.166. The molecule has 3 N–H and O–H groups in total. The van der Waals surface area contributed by atoms with Gasteiger partial charge in [0.15, 0.2) is 0 Å². The van der Waals surface area contributed by atoms with Crippen molar-refractivity contribution in [2.75, 3.05) is 12.8 Å². The Hall–Kier alpha value is -2.01. The first-order valence-electron chi connectivity index (χ1n) is 4.75. The minimum atomic E-state index is -0.993. The zero-order valence-electron chi connectivity index (χ0n) is 8.80. The second-order valence-electron chi connectivity index (χ2n) is 3.47. The van der Waals surface area contributed by atoms with Crippen LogP contribution in [0.2, 0.25) is 0 Å². The number of hydrogen-bond acceptors (Lipinski definition) is 3. The number of methoxy groups -OCH3 is 1. The van der Waals surface area contributed by atoms with E-state index in [4.69, 9.17) is 15.6 Å². The van der Waals surface area contributed by atoms with Crippen LogP contribution < -0.4 is 5.73 Å². The maximum atomic E-state index is 11.1. The Morgan fingerprint density at radius 2 is 2.31 bits per heavy atom. The molecule has 0 saturated heterocycles. The van der Waals surface area contributed by atoms with E-state index in [0.717, 1.165) is 5.39 Å². The molecule has 0 fully saturated rings. The number of nitrogens with two attached hydrogens (primary N) is 1. The molecule has 5 heteroatoms. The molecule has 0 unspecified atom stereocenters. The van der Waals surface area contributed by atoms with E-state index in [2.05, 4.69) is 0 Å². The van der Waals surface area contributed by atoms with Crippen molar-refractivity contribution in [3.63, 3.8) is 0 Å². The van der Waals surface area contributed by atoms with Crippen LogP contribution >= 0.6 is 0 Å². The van der Waals surface area contributed by atoms with Gasteiger partial charge in [-0.3, -0.25) is 0 Å². The number of hydrogen-bond donors (Lipinski definition) is 2. The Bertz CT molecular complexity index is 545. The number of anilines is 1. The summed E-state index contributed by atoms with van der Waals surface area (Å²) in [7, 11) is 1.51. The first-order chi connectivity index (χ1) is 7.65. The molecule has 0 amide bonds. The van der Waals surface area contributed by atoms with Crippen LogP contribution in [0.25, 0.3) is 10.9 Å². The van der Waals surface area contributed by atoms with E-state index >= 15 is 0 Å². The zero-order chi connectivity index (χ0) is 11.7. The molecule has 0 aliphatic rings. The van der Waals surface area contributed by atoms with Gasteiger partial charge in [0.1, 0.15) is 12.4 Å². The van der Waals surface area contributed by atoms with Crippen molar-refractivity contribution in [1.29, 1.82) is 0 Å². The Morgan fingerprint density at radius 1 is 1.56 bits per heavy atom. The summed E-state index contributed by atoms with van der Waals surface area (Å²) in [4.78, 5) is 11.1. The quantitative estimate of drug-likeness (QED) is 0.769. The highest BCUT2D eigenvalue weighted by Gasteiger charge is 2.15. The number of carbonyl (C=O) groups is 1. The summed E-state index contributed by atoms with van der Waals surface area (Å²) in [6, 6.07) is 6.94. The number of rotatable bonds is 3. The van der Waals surface area contributed by atoms with E-state index in [1.54, 1.807) is 22.8 Å². The van der Waals surface area contributed by atoms with Gasteiger partial charge >= 0.3 is 5.97 Å². The third kappa shape index (κ3) is 1.51. The van der Waals surface area contributed by atoms with Crippen molar-refractivity contribution in [2.45, 2.75) is 6.73 Å². The monoisotopic (exact) mass is 220 g/mol. The molecule has 0 saturated carbocycles. The fourth-order valence-electron chi connectivity index (χ4n) is 1.79. The van der Waals surface area contributed by atoms with Crippen molar-refractivity contribution >= 4 is 22.6 Å². The van der Waals surface area contributed by atoms with Gasteiger partial charge in [0.05, 0.1) is 11.2 Å². The van der Waals surface area contributed by atoms with E-state index in [9.17, 15) is 4.79 Å². The van der Waals surface area contributed by atoms with Crippen molar-refractivity contribution in [3.8, 4) is 0 Å². The molecule has 0 radical (unpaired) electrons. The predicted molar refractivity (Wildman–Crippen MR) is 60.3 cm³/mol. The number of carboxylic acid groups (broad SMARTS) is 1. The molecular formula is C11H12N2O3. The van der Waals surface area contributed by atoms with Crippen molar-refractivity contribution in [1.82, 2.24) is 4.57 Å². The third-order valence-electron chi connectivity index (χ3n) is 2.43. The van der Waals surface area contributed by atoms with Crippen LogP contribution in [0.5, 0.6) is 0 Å². The third-order valence-corrected chi connectivity index (χ3v) is 2.43. The zero-order valence-corrected chi connectivity index (χ0v) is 8.80. The van der Waals surface area contributed by atoms with Gasteiger partial charge in [-0.1, -0.05) is 12.1 Å². The van der Waals surface area contributed by atoms with Crippen LogP contribution in [0.15, 0.2) is 24.3 Å². The number of fused-ring (bicyclic) bond motifs is 1. The molecular weight excluding hydrogens is 208 g/mol. The molecule has 0 atom stereocenters. The molecule has 1 aromatic carbocycles. The number of ether oxygens (including phenoxy) is 1. The van der Waals surface area contributed by atoms with Crippen molar-refractivity contribution in [3.05, 3.63) is 30.0 Å². The van der Waals surface area contributed by atoms with Gasteiger partial charge in [-0.2, -0.15) is 0 Å². The van der Waals surface area contributed by atoms with Crippen LogP contribution in [0, 0.1) is 0 Å². The molecule has 0 aliphatic heterocycles. The van der Waals surface area contributed by atoms with E-state index in [-0.39, 0.29) is 12.4 Å². The van der Waals surface area contributed by atoms with Crippen LogP contribution in [0.4, 0.5) is 5.69 Å². The topological polar surface area (TPSA) is 77.5 Å².